The van der Waals surface area contributed by atoms with Gasteiger partial charge in [-0.2, -0.15) is 0 Å². The van der Waals surface area contributed by atoms with E-state index in [-0.39, 0.29) is 31.5 Å². The van der Waals surface area contributed by atoms with Crippen LogP contribution in [0.4, 0.5) is 9.59 Å². The Labute approximate surface area is 268 Å². The number of aliphatic hydroxyl groups is 1. The summed E-state index contributed by atoms with van der Waals surface area (Å²) in [7, 11) is 0. The molecule has 2 heterocycles. The molecule has 3 aromatic carbocycles. The van der Waals surface area contributed by atoms with Crippen LogP contribution in [0.25, 0.3) is 0 Å². The van der Waals surface area contributed by atoms with Crippen LogP contribution in [0.15, 0.2) is 96.7 Å². The van der Waals surface area contributed by atoms with Crippen molar-refractivity contribution in [1.82, 2.24) is 16.0 Å². The first-order chi connectivity index (χ1) is 22.4. The fourth-order valence-corrected chi connectivity index (χ4v) is 6.88. The van der Waals surface area contributed by atoms with Crippen molar-refractivity contribution >= 4 is 18.0 Å². The predicted octanol–water partition coefficient (Wildman–Crippen LogP) is 4.10. The predicted molar refractivity (Wildman–Crippen MR) is 170 cm³/mol. The fourth-order valence-electron chi connectivity index (χ4n) is 6.88. The number of ketones is 1. The highest BCUT2D eigenvalue weighted by atomic mass is 16.6. The van der Waals surface area contributed by atoms with E-state index in [1.807, 2.05) is 91.9 Å². The lowest BCUT2D eigenvalue weighted by Crippen LogP contribution is -2.55. The number of aliphatic hydroxyl groups excluding tert-OH is 1. The van der Waals surface area contributed by atoms with E-state index in [0.717, 1.165) is 22.3 Å². The van der Waals surface area contributed by atoms with E-state index in [0.29, 0.717) is 25.0 Å². The lowest BCUT2D eigenvalue weighted by atomic mass is 9.76. The third-order valence-corrected chi connectivity index (χ3v) is 9.01. The Morgan fingerprint density at radius 3 is 2.35 bits per heavy atom. The van der Waals surface area contributed by atoms with Crippen LogP contribution in [-0.4, -0.2) is 66.7 Å². The topological polar surface area (TPSA) is 135 Å². The highest BCUT2D eigenvalue weighted by molar-refractivity contribution is 6.07. The van der Waals surface area contributed by atoms with E-state index in [1.54, 1.807) is 6.20 Å². The third kappa shape index (κ3) is 6.49. The molecule has 0 radical (unpaired) electrons. The molecule has 0 saturated carbocycles. The summed E-state index contributed by atoms with van der Waals surface area (Å²) in [5.41, 5.74) is 2.93. The van der Waals surface area contributed by atoms with E-state index in [1.165, 1.54) is 0 Å². The molecule has 0 bridgehead atoms. The summed E-state index contributed by atoms with van der Waals surface area (Å²) >= 11 is 0. The first kappa shape index (κ1) is 31.3. The molecule has 3 aliphatic rings. The fraction of sp³-hybridized carbons (Fsp3) is 0.361. The van der Waals surface area contributed by atoms with E-state index in [9.17, 15) is 19.5 Å². The van der Waals surface area contributed by atoms with Gasteiger partial charge in [0.2, 0.25) is 0 Å². The number of rotatable bonds is 13. The third-order valence-electron chi connectivity index (χ3n) is 9.01. The SMILES string of the molecule is CCOCCOC(=O)NC(Cc1ccccc1)C(O)CC1(Cc2ccccc2)NC=C(C2c3ccccc3C3NC(=O)OC32)C1=O. The summed E-state index contributed by atoms with van der Waals surface area (Å²) < 4.78 is 16.3. The molecule has 6 atom stereocenters. The minimum Gasteiger partial charge on any atom is -0.447 e. The molecular formula is C36H39N3O7. The van der Waals surface area contributed by atoms with Crippen molar-refractivity contribution in [2.24, 2.45) is 0 Å². The zero-order valence-electron chi connectivity index (χ0n) is 25.7. The normalized spacial score (nSPS) is 24.1. The van der Waals surface area contributed by atoms with Gasteiger partial charge in [-0.15, -0.1) is 0 Å². The first-order valence-corrected chi connectivity index (χ1v) is 15.7. The molecule has 4 N–H and O–H groups in total. The average molecular weight is 626 g/mol. The maximum absolute atomic E-state index is 14.7. The van der Waals surface area contributed by atoms with Crippen LogP contribution >= 0.6 is 0 Å². The Morgan fingerprint density at radius 2 is 1.63 bits per heavy atom. The average Bonchev–Trinajstić information content (AvgIpc) is 3.69. The number of hydrogen-bond donors (Lipinski definition) is 4. The monoisotopic (exact) mass is 625 g/mol. The second-order valence-corrected chi connectivity index (χ2v) is 12.0. The van der Waals surface area contributed by atoms with Gasteiger partial charge >= 0.3 is 12.2 Å². The maximum Gasteiger partial charge on any atom is 0.408 e. The van der Waals surface area contributed by atoms with Gasteiger partial charge in [-0.1, -0.05) is 84.9 Å². The molecule has 46 heavy (non-hydrogen) atoms. The second-order valence-electron chi connectivity index (χ2n) is 12.0. The van der Waals surface area contributed by atoms with Gasteiger partial charge in [-0.25, -0.2) is 9.59 Å². The van der Waals surface area contributed by atoms with Crippen molar-refractivity contribution < 1.29 is 33.7 Å². The second kappa shape index (κ2) is 13.8. The van der Waals surface area contributed by atoms with Gasteiger partial charge in [0.05, 0.1) is 30.7 Å². The summed E-state index contributed by atoms with van der Waals surface area (Å²) in [5.74, 6) is -0.662. The van der Waals surface area contributed by atoms with Gasteiger partial charge in [0.15, 0.2) is 5.78 Å². The van der Waals surface area contributed by atoms with Gasteiger partial charge in [0.1, 0.15) is 18.2 Å². The van der Waals surface area contributed by atoms with Crippen molar-refractivity contribution in [3.05, 3.63) is 119 Å². The summed E-state index contributed by atoms with van der Waals surface area (Å²) in [6.07, 6.45) is -0.567. The largest absolute Gasteiger partial charge is 0.447 e. The number of benzene rings is 3. The van der Waals surface area contributed by atoms with Gasteiger partial charge in [-0.05, 0) is 35.6 Å². The number of ether oxygens (including phenoxy) is 3. The zero-order valence-corrected chi connectivity index (χ0v) is 25.7. The molecule has 3 aromatic rings. The Balaban J connectivity index is 1.28. The zero-order chi connectivity index (χ0) is 32.1. The quantitative estimate of drug-likeness (QED) is 0.209. The highest BCUT2D eigenvalue weighted by Crippen LogP contribution is 2.50. The summed E-state index contributed by atoms with van der Waals surface area (Å²) in [4.78, 5) is 39.8. The van der Waals surface area contributed by atoms with Gasteiger partial charge in [-0.3, -0.25) is 4.79 Å². The number of Topliss-reactive ketones (excluding diaryl/α,β-unsaturated/α-hetero) is 1. The van der Waals surface area contributed by atoms with Crippen molar-refractivity contribution in [1.29, 1.82) is 0 Å². The van der Waals surface area contributed by atoms with Crippen LogP contribution in [-0.2, 0) is 31.8 Å². The van der Waals surface area contributed by atoms with Crippen LogP contribution in [0.2, 0.25) is 0 Å². The molecule has 6 rings (SSSR count). The molecule has 1 aliphatic carbocycles. The Kier molecular flexibility index (Phi) is 9.37. The van der Waals surface area contributed by atoms with Gasteiger partial charge in [0, 0.05) is 31.2 Å². The van der Waals surface area contributed by atoms with Crippen molar-refractivity contribution in [2.45, 2.75) is 61.9 Å². The van der Waals surface area contributed by atoms with Crippen LogP contribution in [0.5, 0.6) is 0 Å². The standard InChI is InChI=1S/C36H39N3O7/c1-2-44-17-18-45-34(42)38-28(19-23-11-5-3-6-12-23)29(40)21-36(20-24-13-7-4-8-14-24)33(41)27(22-37-36)30-25-15-9-10-16-26(25)31-32(30)46-35(43)39-31/h3-16,22,28-32,37,40H,2,17-21H2,1H3,(H,38,42)(H,39,43). The van der Waals surface area contributed by atoms with Crippen LogP contribution in [0, 0.1) is 0 Å². The molecule has 240 valence electrons. The lowest BCUT2D eigenvalue weighted by molar-refractivity contribution is -0.122. The Hall–Kier alpha value is -4.67. The molecule has 1 saturated heterocycles. The molecule has 0 aromatic heterocycles. The van der Waals surface area contributed by atoms with Crippen molar-refractivity contribution in [3.63, 3.8) is 0 Å². The molecule has 0 spiro atoms. The number of carbonyl (C=O) groups excluding carboxylic acids is 3. The molecule has 10 heteroatoms. The van der Waals surface area contributed by atoms with Crippen molar-refractivity contribution in [3.8, 4) is 0 Å². The number of alkyl carbamates (subject to hydrolysis) is 2. The van der Waals surface area contributed by atoms with Crippen LogP contribution in [0.3, 0.4) is 0 Å². The van der Waals surface area contributed by atoms with E-state index in [2.05, 4.69) is 16.0 Å². The lowest BCUT2D eigenvalue weighted by Gasteiger charge is -2.35. The highest BCUT2D eigenvalue weighted by Gasteiger charge is 2.55. The van der Waals surface area contributed by atoms with Gasteiger partial charge < -0.3 is 35.3 Å². The molecule has 2 amide bonds. The Bertz CT molecular complexity index is 1580. The number of nitrogens with one attached hydrogen (secondary N) is 3. The number of amides is 2. The van der Waals surface area contributed by atoms with Crippen LogP contribution in [0.1, 0.15) is 47.6 Å². The molecule has 10 nitrogen and oxygen atoms in total. The number of hydrogen-bond acceptors (Lipinski definition) is 8. The maximum atomic E-state index is 14.7. The summed E-state index contributed by atoms with van der Waals surface area (Å²) in [6.45, 7) is 2.70. The van der Waals surface area contributed by atoms with Gasteiger partial charge in [0.25, 0.3) is 0 Å². The smallest absolute Gasteiger partial charge is 0.408 e. The van der Waals surface area contributed by atoms with Crippen molar-refractivity contribution in [2.75, 3.05) is 19.8 Å². The molecule has 2 aliphatic heterocycles. The molecular weight excluding hydrogens is 586 g/mol. The van der Waals surface area contributed by atoms with E-state index in [4.69, 9.17) is 14.2 Å². The summed E-state index contributed by atoms with van der Waals surface area (Å²) in [6, 6.07) is 25.8. The number of fused-ring (bicyclic) bond motifs is 3. The van der Waals surface area contributed by atoms with E-state index >= 15 is 0 Å². The Morgan fingerprint density at radius 1 is 0.957 bits per heavy atom. The van der Waals surface area contributed by atoms with E-state index < -0.39 is 41.9 Å². The number of carbonyl (C=O) groups is 3. The minimum absolute atomic E-state index is 0.00203. The minimum atomic E-state index is -1.23. The molecule has 6 unspecified atom stereocenters. The summed E-state index contributed by atoms with van der Waals surface area (Å²) in [5, 5.41) is 21.0. The first-order valence-electron chi connectivity index (χ1n) is 15.7. The molecule has 1 fully saturated rings. The van der Waals surface area contributed by atoms with Crippen LogP contribution < -0.4 is 16.0 Å².